The fourth-order valence-corrected chi connectivity index (χ4v) is 6.69. The second kappa shape index (κ2) is 14.0. The van der Waals surface area contributed by atoms with Crippen LogP contribution >= 0.6 is 0 Å². The lowest BCUT2D eigenvalue weighted by Crippen LogP contribution is -2.62. The molecule has 270 valence electrons. The Bertz CT molecular complexity index is 1250. The van der Waals surface area contributed by atoms with E-state index in [9.17, 15) is 28.8 Å². The predicted octanol–water partition coefficient (Wildman–Crippen LogP) is 3.45. The van der Waals surface area contributed by atoms with Gasteiger partial charge in [0.05, 0.1) is 6.04 Å². The Hall–Kier alpha value is -3.18. The molecule has 12 heteroatoms. The van der Waals surface area contributed by atoms with Crippen molar-refractivity contribution in [3.05, 3.63) is 0 Å². The number of primary amides is 1. The number of hydrogen-bond acceptors (Lipinski definition) is 7. The second-order valence-corrected chi connectivity index (χ2v) is 18.1. The van der Waals surface area contributed by atoms with Crippen molar-refractivity contribution in [1.82, 2.24) is 20.9 Å². The summed E-state index contributed by atoms with van der Waals surface area (Å²) >= 11 is 0. The number of nitrogens with zero attached hydrogens (tertiary/aromatic N) is 1. The van der Waals surface area contributed by atoms with Crippen LogP contribution in [0.2, 0.25) is 0 Å². The molecular weight excluding hydrogens is 614 g/mol. The summed E-state index contributed by atoms with van der Waals surface area (Å²) in [6, 6.07) is -4.65. The largest absolute Gasteiger partial charge is 0.460 e. The van der Waals surface area contributed by atoms with E-state index in [-0.39, 0.29) is 29.9 Å². The van der Waals surface area contributed by atoms with Gasteiger partial charge in [0.15, 0.2) is 0 Å². The van der Waals surface area contributed by atoms with Crippen molar-refractivity contribution >= 4 is 35.5 Å². The van der Waals surface area contributed by atoms with Crippen molar-refractivity contribution in [2.45, 2.75) is 144 Å². The fraction of sp³-hybridized carbons (Fsp3) is 0.833. The molecular formula is C36H59N5O7. The Morgan fingerprint density at radius 2 is 1.29 bits per heavy atom. The molecule has 0 radical (unpaired) electrons. The van der Waals surface area contributed by atoms with E-state index in [1.165, 1.54) is 4.90 Å². The number of esters is 1. The van der Waals surface area contributed by atoms with E-state index in [1.807, 2.05) is 62.3 Å². The van der Waals surface area contributed by atoms with E-state index in [1.54, 1.807) is 0 Å². The molecule has 5 N–H and O–H groups in total. The number of Topliss-reactive ketones (excluding diaryl/α,β-unsaturated/α-hetero) is 1. The number of carbonyl (C=O) groups is 6. The van der Waals surface area contributed by atoms with E-state index in [0.717, 1.165) is 38.5 Å². The minimum absolute atomic E-state index is 0.0497. The van der Waals surface area contributed by atoms with E-state index in [0.29, 0.717) is 24.7 Å². The number of carbonyl (C=O) groups excluding carboxylic acids is 6. The summed E-state index contributed by atoms with van der Waals surface area (Å²) in [6.07, 6.45) is 6.57. The number of hydrogen-bond donors (Lipinski definition) is 4. The highest BCUT2D eigenvalue weighted by atomic mass is 16.5. The topological polar surface area (TPSA) is 177 Å². The quantitative estimate of drug-likeness (QED) is 0.171. The maximum Gasteiger partial charge on any atom is 0.329 e. The van der Waals surface area contributed by atoms with Crippen LogP contribution in [0.1, 0.15) is 114 Å². The molecule has 4 rings (SSSR count). The van der Waals surface area contributed by atoms with Crippen molar-refractivity contribution in [3.8, 4) is 0 Å². The molecule has 1 saturated heterocycles. The van der Waals surface area contributed by atoms with Crippen LogP contribution in [0.25, 0.3) is 0 Å². The first-order chi connectivity index (χ1) is 22.1. The van der Waals surface area contributed by atoms with Crippen LogP contribution < -0.4 is 21.7 Å². The fourth-order valence-electron chi connectivity index (χ4n) is 6.69. The van der Waals surface area contributed by atoms with Crippen molar-refractivity contribution in [2.75, 3.05) is 6.54 Å². The van der Waals surface area contributed by atoms with Crippen LogP contribution in [0.5, 0.6) is 0 Å². The average molecular weight is 674 g/mol. The molecule has 1 heterocycles. The molecule has 0 aromatic rings. The van der Waals surface area contributed by atoms with Gasteiger partial charge < -0.3 is 31.3 Å². The number of ether oxygens (including phenoxy) is 1. The molecule has 5 amide bonds. The first-order valence-corrected chi connectivity index (χ1v) is 17.8. The molecule has 0 spiro atoms. The number of ketones is 1. The first-order valence-electron chi connectivity index (χ1n) is 17.8. The summed E-state index contributed by atoms with van der Waals surface area (Å²) in [6.45, 7) is 17.4. The van der Waals surface area contributed by atoms with Crippen LogP contribution in [0.4, 0.5) is 4.79 Å². The summed E-state index contributed by atoms with van der Waals surface area (Å²) in [5.41, 5.74) is 3.63. The maximum atomic E-state index is 14.4. The van der Waals surface area contributed by atoms with Crippen LogP contribution in [0.3, 0.4) is 0 Å². The van der Waals surface area contributed by atoms with Crippen LogP contribution in [0, 0.1) is 39.9 Å². The van der Waals surface area contributed by atoms with Gasteiger partial charge >= 0.3 is 12.0 Å². The zero-order chi connectivity index (χ0) is 35.9. The number of urea groups is 1. The highest BCUT2D eigenvalue weighted by Gasteiger charge is 2.49. The van der Waals surface area contributed by atoms with Crippen LogP contribution in [-0.4, -0.2) is 77.2 Å². The van der Waals surface area contributed by atoms with E-state index in [4.69, 9.17) is 10.5 Å². The van der Waals surface area contributed by atoms with Crippen molar-refractivity contribution in [2.24, 2.45) is 45.7 Å². The van der Waals surface area contributed by atoms with Gasteiger partial charge in [0.1, 0.15) is 24.2 Å². The van der Waals surface area contributed by atoms with Gasteiger partial charge in [-0.15, -0.1) is 0 Å². The molecule has 3 aliphatic carbocycles. The molecule has 4 fully saturated rings. The van der Waals surface area contributed by atoms with Gasteiger partial charge in [0, 0.05) is 6.54 Å². The third kappa shape index (κ3) is 9.71. The number of nitrogens with two attached hydrogens (primary N) is 1. The summed E-state index contributed by atoms with van der Waals surface area (Å²) in [4.78, 5) is 81.3. The molecule has 5 atom stereocenters. The van der Waals surface area contributed by atoms with E-state index >= 15 is 0 Å². The Morgan fingerprint density at radius 3 is 1.73 bits per heavy atom. The van der Waals surface area contributed by atoms with Gasteiger partial charge in [-0.2, -0.15) is 0 Å². The van der Waals surface area contributed by atoms with Gasteiger partial charge in [-0.25, -0.2) is 9.59 Å². The predicted molar refractivity (Wildman–Crippen MR) is 180 cm³/mol. The summed E-state index contributed by atoms with van der Waals surface area (Å²) in [5, 5.41) is 8.40. The SMILES string of the molecule is CC(C)(C)[C@@H]1C[C@@H](C(=O)NC(CC2CC2)C(=O)C(N)=O)N(C(=O)[C@@H](NC(=O)N[C@H](C(=O)OC(C2CC2)C2CC2)C(C)(C)C)C(C)(C)C)C1. The zero-order valence-corrected chi connectivity index (χ0v) is 30.4. The molecule has 3 saturated carbocycles. The molecule has 4 aliphatic rings. The summed E-state index contributed by atoms with van der Waals surface area (Å²) in [7, 11) is 0. The molecule has 0 bridgehead atoms. The standard InChI is InChI=1S/C36H59N5O7/c1-34(2,3)22-17-24(30(44)38-23(16-19-10-11-19)25(42)29(37)43)41(18-22)31(45)27(35(4,5)6)39-33(47)40-28(36(7,8)9)32(46)48-26(20-12-13-20)21-14-15-21/h19-24,26-28H,10-18H2,1-9H3,(H2,37,43)(H,38,44)(H2,39,40,47)/t22-,23?,24+,27-,28-/m1/s1. The Morgan fingerprint density at radius 1 is 0.771 bits per heavy atom. The Labute approximate surface area is 285 Å². The normalized spacial score (nSPS) is 23.6. The third-order valence-electron chi connectivity index (χ3n) is 10.4. The summed E-state index contributed by atoms with van der Waals surface area (Å²) < 4.78 is 6.01. The van der Waals surface area contributed by atoms with Gasteiger partial charge in [-0.3, -0.25) is 19.2 Å². The van der Waals surface area contributed by atoms with Gasteiger partial charge in [0.25, 0.3) is 5.91 Å². The molecule has 1 unspecified atom stereocenters. The average Bonchev–Trinajstić information content (AvgIpc) is 3.81. The van der Waals surface area contributed by atoms with E-state index < -0.39 is 70.5 Å². The minimum Gasteiger partial charge on any atom is -0.460 e. The minimum atomic E-state index is -1.11. The van der Waals surface area contributed by atoms with Gasteiger partial charge in [0.2, 0.25) is 17.6 Å². The highest BCUT2D eigenvalue weighted by Crippen LogP contribution is 2.46. The number of nitrogens with one attached hydrogen (secondary N) is 3. The molecule has 12 nitrogen and oxygen atoms in total. The van der Waals surface area contributed by atoms with Crippen molar-refractivity contribution < 1.29 is 33.5 Å². The molecule has 1 aliphatic heterocycles. The number of rotatable bonds is 13. The van der Waals surface area contributed by atoms with Crippen LogP contribution in [-0.2, 0) is 28.7 Å². The van der Waals surface area contributed by atoms with Gasteiger partial charge in [-0.05, 0) is 78.4 Å². The first kappa shape index (κ1) is 37.6. The van der Waals surface area contributed by atoms with Crippen molar-refractivity contribution in [1.29, 1.82) is 0 Å². The summed E-state index contributed by atoms with van der Waals surface area (Å²) in [5.74, 6) is -2.44. The van der Waals surface area contributed by atoms with Crippen molar-refractivity contribution in [3.63, 3.8) is 0 Å². The highest BCUT2D eigenvalue weighted by molar-refractivity contribution is 6.37. The monoisotopic (exact) mass is 673 g/mol. The van der Waals surface area contributed by atoms with E-state index in [2.05, 4.69) is 16.0 Å². The Balaban J connectivity index is 1.52. The molecule has 0 aromatic heterocycles. The second-order valence-electron chi connectivity index (χ2n) is 18.1. The maximum absolute atomic E-state index is 14.4. The molecule has 0 aromatic carbocycles. The smallest absolute Gasteiger partial charge is 0.329 e. The molecule has 48 heavy (non-hydrogen) atoms. The Kier molecular flexibility index (Phi) is 11.0. The lowest BCUT2D eigenvalue weighted by atomic mass is 9.79. The van der Waals surface area contributed by atoms with Crippen LogP contribution in [0.15, 0.2) is 0 Å². The third-order valence-corrected chi connectivity index (χ3v) is 10.4. The number of likely N-dealkylation sites (tertiary alicyclic amines) is 1. The zero-order valence-electron chi connectivity index (χ0n) is 30.4. The van der Waals surface area contributed by atoms with Gasteiger partial charge in [-0.1, -0.05) is 75.2 Å². The number of amides is 5. The lowest BCUT2D eigenvalue weighted by molar-refractivity contribution is -0.156. The lowest BCUT2D eigenvalue weighted by Gasteiger charge is -2.37.